The van der Waals surface area contributed by atoms with Crippen LogP contribution < -0.4 is 11.4 Å². The molecule has 0 amide bonds. The first kappa shape index (κ1) is 10.5. The monoisotopic (exact) mass is 237 g/mol. The maximum atomic E-state index is 12.1. The van der Waals surface area contributed by atoms with Crippen LogP contribution in [0.5, 0.6) is 0 Å². The van der Waals surface area contributed by atoms with Crippen LogP contribution in [-0.2, 0) is 0 Å². The molecule has 2 N–H and O–H groups in total. The van der Waals surface area contributed by atoms with Crippen molar-refractivity contribution in [2.45, 2.75) is 0 Å². The predicted molar refractivity (Wildman–Crippen MR) is 71.6 cm³/mol. The van der Waals surface area contributed by atoms with E-state index in [0.29, 0.717) is 16.7 Å². The molecule has 0 atom stereocenters. The smallest absolute Gasteiger partial charge is 0.280 e. The van der Waals surface area contributed by atoms with Gasteiger partial charge in [0.2, 0.25) is 0 Å². The van der Waals surface area contributed by atoms with Gasteiger partial charge >= 0.3 is 0 Å². The quantitative estimate of drug-likeness (QED) is 0.656. The summed E-state index contributed by atoms with van der Waals surface area (Å²) in [4.78, 5) is 16.6. The molecule has 0 saturated carbocycles. The van der Waals surface area contributed by atoms with Gasteiger partial charge in [-0.2, -0.15) is 0 Å². The van der Waals surface area contributed by atoms with Crippen molar-refractivity contribution in [2.75, 3.05) is 5.84 Å². The van der Waals surface area contributed by atoms with Gasteiger partial charge in [-0.3, -0.25) is 4.79 Å². The van der Waals surface area contributed by atoms with Crippen molar-refractivity contribution in [3.05, 3.63) is 65.0 Å². The number of hydrogen-bond donors (Lipinski definition) is 1. The number of nitrogens with zero attached hydrogens (tertiary/aromatic N) is 2. The normalized spacial score (nSPS) is 10.7. The lowest BCUT2D eigenvalue weighted by molar-refractivity contribution is 0.927. The fourth-order valence-corrected chi connectivity index (χ4v) is 1.94. The van der Waals surface area contributed by atoms with Gasteiger partial charge in [-0.1, -0.05) is 42.5 Å². The molecule has 3 aromatic rings. The Morgan fingerprint density at radius 1 is 0.944 bits per heavy atom. The number of nitrogens with two attached hydrogens (primary N) is 1. The highest BCUT2D eigenvalue weighted by Gasteiger charge is 2.09. The fourth-order valence-electron chi connectivity index (χ4n) is 1.94. The molecule has 1 heterocycles. The van der Waals surface area contributed by atoms with Crippen molar-refractivity contribution >= 4 is 10.9 Å². The maximum Gasteiger partial charge on any atom is 0.280 e. The lowest BCUT2D eigenvalue weighted by Crippen LogP contribution is -2.29. The summed E-state index contributed by atoms with van der Waals surface area (Å²) in [5.41, 5.74) is 1.24. The van der Waals surface area contributed by atoms with Gasteiger partial charge < -0.3 is 5.84 Å². The molecule has 0 aliphatic rings. The van der Waals surface area contributed by atoms with Crippen LogP contribution in [0.25, 0.3) is 22.3 Å². The molecule has 1 aromatic heterocycles. The summed E-state index contributed by atoms with van der Waals surface area (Å²) in [6, 6.07) is 16.6. The summed E-state index contributed by atoms with van der Waals surface area (Å²) >= 11 is 0. The molecule has 4 nitrogen and oxygen atoms in total. The minimum atomic E-state index is -0.237. The van der Waals surface area contributed by atoms with E-state index in [0.717, 1.165) is 10.2 Å². The summed E-state index contributed by atoms with van der Waals surface area (Å²) < 4.78 is 1.09. The Morgan fingerprint density at radius 3 is 2.39 bits per heavy atom. The summed E-state index contributed by atoms with van der Waals surface area (Å²) in [5, 5.41) is 0.527. The van der Waals surface area contributed by atoms with E-state index in [2.05, 4.69) is 4.98 Å². The minimum absolute atomic E-state index is 0.237. The van der Waals surface area contributed by atoms with Crippen molar-refractivity contribution in [1.29, 1.82) is 0 Å². The van der Waals surface area contributed by atoms with Gasteiger partial charge in [0.05, 0.1) is 10.9 Å². The highest BCUT2D eigenvalue weighted by atomic mass is 16.1. The molecule has 0 aliphatic heterocycles. The second-order valence-corrected chi connectivity index (χ2v) is 3.99. The van der Waals surface area contributed by atoms with Crippen molar-refractivity contribution in [2.24, 2.45) is 0 Å². The van der Waals surface area contributed by atoms with E-state index in [1.165, 1.54) is 0 Å². The molecule has 0 unspecified atom stereocenters. The van der Waals surface area contributed by atoms with Crippen LogP contribution in [0, 0.1) is 0 Å². The molecule has 4 heteroatoms. The highest BCUT2D eigenvalue weighted by molar-refractivity contribution is 5.79. The summed E-state index contributed by atoms with van der Waals surface area (Å²) in [6.07, 6.45) is 0. The van der Waals surface area contributed by atoms with Crippen LogP contribution in [0.3, 0.4) is 0 Å². The third-order valence-corrected chi connectivity index (χ3v) is 2.84. The van der Waals surface area contributed by atoms with E-state index in [9.17, 15) is 4.79 Å². The number of hydrogen-bond acceptors (Lipinski definition) is 3. The molecular weight excluding hydrogens is 226 g/mol. The molecule has 0 spiro atoms. The first-order valence-corrected chi connectivity index (χ1v) is 5.59. The van der Waals surface area contributed by atoms with Crippen LogP contribution in [0.4, 0.5) is 0 Å². The molecule has 0 fully saturated rings. The van der Waals surface area contributed by atoms with E-state index in [1.807, 2.05) is 42.5 Å². The topological polar surface area (TPSA) is 60.9 Å². The third kappa shape index (κ3) is 1.55. The second kappa shape index (κ2) is 4.00. The van der Waals surface area contributed by atoms with Crippen molar-refractivity contribution < 1.29 is 0 Å². The zero-order valence-corrected chi connectivity index (χ0v) is 9.58. The van der Waals surface area contributed by atoms with Crippen LogP contribution in [0.1, 0.15) is 0 Å². The first-order valence-electron chi connectivity index (χ1n) is 5.59. The largest absolute Gasteiger partial charge is 0.334 e. The van der Waals surface area contributed by atoms with Crippen LogP contribution in [0.2, 0.25) is 0 Å². The van der Waals surface area contributed by atoms with Gasteiger partial charge in [-0.25, -0.2) is 9.66 Å². The zero-order chi connectivity index (χ0) is 12.5. The van der Waals surface area contributed by atoms with Crippen molar-refractivity contribution in [3.8, 4) is 11.4 Å². The summed E-state index contributed by atoms with van der Waals surface area (Å²) in [5.74, 6) is 6.29. The Kier molecular flexibility index (Phi) is 2.34. The number of para-hydroxylation sites is 1. The van der Waals surface area contributed by atoms with E-state index < -0.39 is 0 Å². The van der Waals surface area contributed by atoms with Gasteiger partial charge in [-0.15, -0.1) is 0 Å². The molecule has 0 bridgehead atoms. The van der Waals surface area contributed by atoms with E-state index in [-0.39, 0.29) is 5.56 Å². The fraction of sp³-hybridized carbons (Fsp3) is 0. The summed E-state index contributed by atoms with van der Waals surface area (Å²) in [6.45, 7) is 0. The minimum Gasteiger partial charge on any atom is -0.334 e. The van der Waals surface area contributed by atoms with Gasteiger partial charge in [-0.05, 0) is 12.1 Å². The molecule has 18 heavy (non-hydrogen) atoms. The molecule has 0 aliphatic carbocycles. The van der Waals surface area contributed by atoms with Crippen LogP contribution in [0.15, 0.2) is 59.4 Å². The summed E-state index contributed by atoms with van der Waals surface area (Å²) in [7, 11) is 0. The number of nitrogen functional groups attached to an aromatic ring is 1. The van der Waals surface area contributed by atoms with Gasteiger partial charge in [0.25, 0.3) is 5.56 Å². The Balaban J connectivity index is 2.38. The second-order valence-electron chi connectivity index (χ2n) is 3.99. The van der Waals surface area contributed by atoms with Gasteiger partial charge in [0.15, 0.2) is 5.82 Å². The predicted octanol–water partition coefficient (Wildman–Crippen LogP) is 1.78. The Morgan fingerprint density at radius 2 is 1.61 bits per heavy atom. The number of benzene rings is 2. The molecular formula is C14H11N3O. The molecule has 3 rings (SSSR count). The van der Waals surface area contributed by atoms with Gasteiger partial charge in [0.1, 0.15) is 0 Å². The Bertz CT molecular complexity index is 763. The van der Waals surface area contributed by atoms with Crippen molar-refractivity contribution in [1.82, 2.24) is 9.66 Å². The molecule has 0 saturated heterocycles. The lowest BCUT2D eigenvalue weighted by atomic mass is 10.2. The van der Waals surface area contributed by atoms with Crippen LogP contribution in [-0.4, -0.2) is 9.66 Å². The standard InChI is InChI=1S/C14H11N3O/c15-17-13(10-6-2-1-3-7-10)16-12-9-5-4-8-11(12)14(17)18/h1-9H,15H2. The van der Waals surface area contributed by atoms with E-state index >= 15 is 0 Å². The highest BCUT2D eigenvalue weighted by Crippen LogP contribution is 2.16. The first-order chi connectivity index (χ1) is 8.77. The number of rotatable bonds is 1. The Hall–Kier alpha value is -2.62. The van der Waals surface area contributed by atoms with Crippen molar-refractivity contribution in [3.63, 3.8) is 0 Å². The number of fused-ring (bicyclic) bond motifs is 1. The molecule has 2 aromatic carbocycles. The zero-order valence-electron chi connectivity index (χ0n) is 9.58. The maximum absolute atomic E-state index is 12.1. The number of aromatic nitrogens is 2. The SMILES string of the molecule is Nn1c(-c2ccccc2)nc2ccccc2c1=O. The average Bonchev–Trinajstić information content (AvgIpc) is 2.44. The van der Waals surface area contributed by atoms with E-state index in [4.69, 9.17) is 5.84 Å². The average molecular weight is 237 g/mol. The third-order valence-electron chi connectivity index (χ3n) is 2.84. The Labute approximate surface area is 103 Å². The molecule has 88 valence electrons. The lowest BCUT2D eigenvalue weighted by Gasteiger charge is -2.08. The van der Waals surface area contributed by atoms with E-state index in [1.54, 1.807) is 12.1 Å². The van der Waals surface area contributed by atoms with Crippen LogP contribution >= 0.6 is 0 Å². The van der Waals surface area contributed by atoms with Gasteiger partial charge in [0, 0.05) is 5.56 Å². The molecule has 0 radical (unpaired) electrons.